The van der Waals surface area contributed by atoms with Crippen LogP contribution in [0.5, 0.6) is 5.88 Å². The van der Waals surface area contributed by atoms with Gasteiger partial charge in [0, 0.05) is 11.1 Å². The minimum absolute atomic E-state index is 0.0484. The lowest BCUT2D eigenvalue weighted by Crippen LogP contribution is -2.45. The van der Waals surface area contributed by atoms with Gasteiger partial charge in [-0.05, 0) is 69.4 Å². The smallest absolute Gasteiger partial charge is 0.256 e. The van der Waals surface area contributed by atoms with Crippen LogP contribution in [0.3, 0.4) is 0 Å². The van der Waals surface area contributed by atoms with E-state index in [1.165, 1.54) is 24.3 Å². The molecule has 3 N–H and O–H groups in total. The summed E-state index contributed by atoms with van der Waals surface area (Å²) >= 11 is 0. The second kappa shape index (κ2) is 11.6. The number of aromatic nitrogens is 1. The lowest BCUT2D eigenvalue weighted by Gasteiger charge is -2.32. The van der Waals surface area contributed by atoms with Crippen LogP contribution in [0.1, 0.15) is 52.2 Å². The highest BCUT2D eigenvalue weighted by Crippen LogP contribution is 2.32. The molecule has 0 atom stereocenters. The molecule has 200 valence electrons. The summed E-state index contributed by atoms with van der Waals surface area (Å²) in [6, 6.07) is 5.93. The maximum atomic E-state index is 12.9. The van der Waals surface area contributed by atoms with E-state index in [1.807, 2.05) is 13.8 Å². The van der Waals surface area contributed by atoms with E-state index in [9.17, 15) is 18.3 Å². The van der Waals surface area contributed by atoms with Gasteiger partial charge < -0.3 is 14.9 Å². The number of hydrogen-bond acceptors (Lipinski definition) is 8. The number of ether oxygens (including phenoxy) is 1. The number of sulfonamides is 1. The van der Waals surface area contributed by atoms with Gasteiger partial charge >= 0.3 is 0 Å². The Morgan fingerprint density at radius 2 is 1.61 bits per heavy atom. The van der Waals surface area contributed by atoms with Gasteiger partial charge in [0.2, 0.25) is 15.9 Å². The van der Waals surface area contributed by atoms with Crippen molar-refractivity contribution in [2.45, 2.75) is 71.9 Å². The van der Waals surface area contributed by atoms with E-state index >= 15 is 0 Å². The number of hydrogen-bond donors (Lipinski definition) is 3. The molecule has 0 radical (unpaired) electrons. The molecule has 2 rings (SSSR count). The fourth-order valence-electron chi connectivity index (χ4n) is 4.17. The van der Waals surface area contributed by atoms with E-state index in [0.717, 1.165) is 4.57 Å². The van der Waals surface area contributed by atoms with Crippen molar-refractivity contribution >= 4 is 21.4 Å². The summed E-state index contributed by atoms with van der Waals surface area (Å²) in [5.74, 6) is -0.344. The molecule has 0 amide bonds. The summed E-state index contributed by atoms with van der Waals surface area (Å²) in [6.07, 6.45) is 0.656. The second-order valence-electron chi connectivity index (χ2n) is 10.6. The van der Waals surface area contributed by atoms with Crippen LogP contribution in [-0.2, 0) is 21.3 Å². The first-order chi connectivity index (χ1) is 16.6. The van der Waals surface area contributed by atoms with Crippen LogP contribution in [-0.4, -0.2) is 48.6 Å². The number of aromatic hydroxyl groups is 1. The summed E-state index contributed by atoms with van der Waals surface area (Å²) in [7, 11) is -3.74. The molecular weight excluding hydrogens is 484 g/mol. The molecule has 0 bridgehead atoms. The van der Waals surface area contributed by atoms with E-state index in [1.54, 1.807) is 13.8 Å². The van der Waals surface area contributed by atoms with Gasteiger partial charge in [-0.25, -0.2) is 13.1 Å². The largest absolute Gasteiger partial charge is 0.493 e. The third-order valence-electron chi connectivity index (χ3n) is 5.44. The summed E-state index contributed by atoms with van der Waals surface area (Å²) in [5, 5.41) is 27.8. The Morgan fingerprint density at radius 1 is 1.00 bits per heavy atom. The molecule has 36 heavy (non-hydrogen) atoms. The van der Waals surface area contributed by atoms with Crippen LogP contribution in [0, 0.1) is 19.3 Å². The number of nitrogens with one attached hydrogen (secondary N) is 1. The van der Waals surface area contributed by atoms with Crippen LogP contribution in [0.25, 0.3) is 0 Å². The molecule has 0 aliphatic heterocycles. The van der Waals surface area contributed by atoms with Gasteiger partial charge in [-0.3, -0.25) is 9.36 Å². The van der Waals surface area contributed by atoms with Crippen molar-refractivity contribution in [3.05, 3.63) is 45.7 Å². The number of benzene rings is 1. The third kappa shape index (κ3) is 7.95. The molecule has 0 aliphatic carbocycles. The Kier molecular flexibility index (Phi) is 9.58. The molecule has 0 spiro atoms. The SMILES string of the molecule is Cc1c(/N=N/c2ccc(S(=O)(=O)NC(C)(C)CC(C)(C)C)cc2)c(O)n(CCOCCO)c(=O)c1C. The molecule has 10 nitrogen and oxygen atoms in total. The van der Waals surface area contributed by atoms with Gasteiger partial charge in [0.25, 0.3) is 5.56 Å². The lowest BCUT2D eigenvalue weighted by molar-refractivity contribution is 0.0854. The summed E-state index contributed by atoms with van der Waals surface area (Å²) < 4.78 is 34.9. The van der Waals surface area contributed by atoms with Gasteiger partial charge in [-0.1, -0.05) is 20.8 Å². The highest BCUT2D eigenvalue weighted by molar-refractivity contribution is 7.89. The Hall–Kier alpha value is -2.60. The van der Waals surface area contributed by atoms with Crippen LogP contribution < -0.4 is 10.3 Å². The van der Waals surface area contributed by atoms with E-state index < -0.39 is 15.6 Å². The van der Waals surface area contributed by atoms with E-state index in [0.29, 0.717) is 23.2 Å². The van der Waals surface area contributed by atoms with E-state index in [-0.39, 0.29) is 53.8 Å². The predicted molar refractivity (Wildman–Crippen MR) is 139 cm³/mol. The first kappa shape index (κ1) is 29.6. The molecular formula is C25H38N4O6S. The van der Waals surface area contributed by atoms with Crippen molar-refractivity contribution in [1.82, 2.24) is 9.29 Å². The van der Waals surface area contributed by atoms with Crippen molar-refractivity contribution in [3.8, 4) is 5.88 Å². The van der Waals surface area contributed by atoms with E-state index in [2.05, 4.69) is 35.7 Å². The van der Waals surface area contributed by atoms with Crippen molar-refractivity contribution in [3.63, 3.8) is 0 Å². The summed E-state index contributed by atoms with van der Waals surface area (Å²) in [6.45, 7) is 13.4. The van der Waals surface area contributed by atoms with Crippen molar-refractivity contribution in [1.29, 1.82) is 0 Å². The molecule has 1 aromatic carbocycles. The molecule has 0 aliphatic rings. The quantitative estimate of drug-likeness (QED) is 0.300. The summed E-state index contributed by atoms with van der Waals surface area (Å²) in [5.41, 5.74) is 0.363. The molecule has 1 heterocycles. The van der Waals surface area contributed by atoms with Crippen LogP contribution >= 0.6 is 0 Å². The monoisotopic (exact) mass is 522 g/mol. The predicted octanol–water partition coefficient (Wildman–Crippen LogP) is 4.09. The van der Waals surface area contributed by atoms with Gasteiger partial charge in [-0.15, -0.1) is 5.11 Å². The molecule has 2 aromatic rings. The zero-order valence-electron chi connectivity index (χ0n) is 22.1. The minimum atomic E-state index is -3.74. The third-order valence-corrected chi connectivity index (χ3v) is 7.16. The molecule has 1 aromatic heterocycles. The van der Waals surface area contributed by atoms with Gasteiger partial charge in [0.15, 0.2) is 0 Å². The van der Waals surface area contributed by atoms with Crippen LogP contribution in [0.15, 0.2) is 44.2 Å². The van der Waals surface area contributed by atoms with Crippen LogP contribution in [0.4, 0.5) is 11.4 Å². The molecule has 0 fully saturated rings. The number of azo groups is 1. The van der Waals surface area contributed by atoms with Crippen molar-refractivity contribution < 1.29 is 23.4 Å². The molecule has 0 unspecified atom stereocenters. The number of nitrogens with zero attached hydrogens (tertiary/aromatic N) is 3. The number of pyridine rings is 1. The molecule has 0 saturated heterocycles. The zero-order valence-corrected chi connectivity index (χ0v) is 22.9. The molecule has 11 heteroatoms. The minimum Gasteiger partial charge on any atom is -0.493 e. The standard InChI is InChI=1S/C25H38N4O6S/c1-17-18(2)22(31)29(12-14-35-15-13-30)23(32)21(17)27-26-19-8-10-20(11-9-19)36(33,34)28-25(6,7)16-24(3,4)5/h8-11,28,30,32H,12-16H2,1-7H3/b27-26+. The average Bonchev–Trinajstić information content (AvgIpc) is 2.75. The zero-order chi connectivity index (χ0) is 27.3. The lowest BCUT2D eigenvalue weighted by atomic mass is 9.82. The van der Waals surface area contributed by atoms with Crippen molar-refractivity contribution in [2.75, 3.05) is 19.8 Å². The highest BCUT2D eigenvalue weighted by atomic mass is 32.2. The number of rotatable bonds is 11. The topological polar surface area (TPSA) is 143 Å². The maximum Gasteiger partial charge on any atom is 0.256 e. The second-order valence-corrected chi connectivity index (χ2v) is 12.3. The van der Waals surface area contributed by atoms with Gasteiger partial charge in [0.1, 0.15) is 5.69 Å². The van der Waals surface area contributed by atoms with Crippen molar-refractivity contribution in [2.24, 2.45) is 15.6 Å². The number of aliphatic hydroxyl groups excluding tert-OH is 1. The highest BCUT2D eigenvalue weighted by Gasteiger charge is 2.30. The number of aliphatic hydroxyl groups is 1. The fraction of sp³-hybridized carbons (Fsp3) is 0.560. The molecule has 0 saturated carbocycles. The Morgan fingerprint density at radius 3 is 2.17 bits per heavy atom. The summed E-state index contributed by atoms with van der Waals surface area (Å²) in [4.78, 5) is 12.7. The Labute approximate surface area is 213 Å². The first-order valence-electron chi connectivity index (χ1n) is 11.8. The fourth-order valence-corrected chi connectivity index (χ4v) is 5.58. The van der Waals surface area contributed by atoms with Gasteiger partial charge in [-0.2, -0.15) is 5.11 Å². The van der Waals surface area contributed by atoms with Gasteiger partial charge in [0.05, 0.1) is 36.9 Å². The van der Waals surface area contributed by atoms with E-state index in [4.69, 9.17) is 9.84 Å². The average molecular weight is 523 g/mol. The first-order valence-corrected chi connectivity index (χ1v) is 13.2. The Balaban J connectivity index is 2.27. The van der Waals surface area contributed by atoms with Crippen LogP contribution in [0.2, 0.25) is 0 Å². The Bertz CT molecular complexity index is 1240. The maximum absolute atomic E-state index is 12.9. The normalized spacial score (nSPS) is 13.0.